The third-order valence-corrected chi connectivity index (χ3v) is 2.68. The van der Waals surface area contributed by atoms with Gasteiger partial charge < -0.3 is 5.11 Å². The molecule has 1 aliphatic heterocycles. The maximum absolute atomic E-state index is 9.36. The van der Waals surface area contributed by atoms with E-state index in [0.717, 1.165) is 0 Å². The van der Waals surface area contributed by atoms with Gasteiger partial charge in [-0.05, 0) is 6.92 Å². The molecule has 5 atom stereocenters. The van der Waals surface area contributed by atoms with E-state index in [2.05, 4.69) is 6.58 Å². The number of hydrogen-bond acceptors (Lipinski definition) is 3. The number of hydrogen-bond donors (Lipinski definition) is 1. The van der Waals surface area contributed by atoms with E-state index in [4.69, 9.17) is 9.78 Å². The molecule has 0 aromatic carbocycles. The van der Waals surface area contributed by atoms with E-state index >= 15 is 0 Å². The fourth-order valence-corrected chi connectivity index (χ4v) is 1.71. The lowest BCUT2D eigenvalue weighted by atomic mass is 9.88. The maximum Gasteiger partial charge on any atom is 0.124 e. The molecule has 0 aromatic rings. The fourth-order valence-electron chi connectivity index (χ4n) is 1.71. The van der Waals surface area contributed by atoms with Crippen LogP contribution in [0.4, 0.5) is 0 Å². The molecule has 0 aromatic heterocycles. The second kappa shape index (κ2) is 4.22. The summed E-state index contributed by atoms with van der Waals surface area (Å²) in [5, 5.41) is 9.36. The van der Waals surface area contributed by atoms with Crippen LogP contribution < -0.4 is 0 Å². The van der Waals surface area contributed by atoms with E-state index in [1.165, 1.54) is 0 Å². The highest BCUT2D eigenvalue weighted by Crippen LogP contribution is 2.31. The summed E-state index contributed by atoms with van der Waals surface area (Å²) in [5.41, 5.74) is 0. The van der Waals surface area contributed by atoms with Crippen LogP contribution in [0.3, 0.4) is 0 Å². The Kier molecular flexibility index (Phi) is 3.47. The van der Waals surface area contributed by atoms with Crippen molar-refractivity contribution in [3.63, 3.8) is 0 Å². The normalized spacial score (nSPS) is 38.6. The third kappa shape index (κ3) is 2.10. The van der Waals surface area contributed by atoms with Gasteiger partial charge in [0.15, 0.2) is 0 Å². The Morgan fingerprint density at radius 3 is 2.23 bits per heavy atom. The van der Waals surface area contributed by atoms with E-state index in [9.17, 15) is 5.11 Å². The van der Waals surface area contributed by atoms with E-state index in [1.54, 1.807) is 6.92 Å². The van der Waals surface area contributed by atoms with Crippen LogP contribution in [0.25, 0.3) is 0 Å². The third-order valence-electron chi connectivity index (χ3n) is 2.68. The van der Waals surface area contributed by atoms with Gasteiger partial charge in [0.25, 0.3) is 0 Å². The summed E-state index contributed by atoms with van der Waals surface area (Å²) in [5.74, 6) is 0.451. The molecule has 0 spiro atoms. The van der Waals surface area contributed by atoms with Crippen LogP contribution in [0.15, 0.2) is 12.7 Å². The van der Waals surface area contributed by atoms with Crippen LogP contribution in [-0.4, -0.2) is 23.4 Å². The lowest BCUT2D eigenvalue weighted by Gasteiger charge is -2.19. The van der Waals surface area contributed by atoms with Gasteiger partial charge in [0, 0.05) is 11.8 Å². The average molecular weight is 186 g/mol. The lowest BCUT2D eigenvalue weighted by molar-refractivity contribution is -0.310. The molecule has 3 nitrogen and oxygen atoms in total. The first-order valence-corrected chi connectivity index (χ1v) is 4.70. The Balaban J connectivity index is 2.59. The molecule has 3 heteroatoms. The van der Waals surface area contributed by atoms with Crippen molar-refractivity contribution in [3.05, 3.63) is 12.7 Å². The highest BCUT2D eigenvalue weighted by Gasteiger charge is 2.40. The predicted octanol–water partition coefficient (Wildman–Crippen LogP) is 1.52. The number of aliphatic hydroxyl groups is 1. The predicted molar refractivity (Wildman–Crippen MR) is 50.0 cm³/mol. The first-order chi connectivity index (χ1) is 6.07. The fraction of sp³-hybridized carbons (Fsp3) is 0.800. The molecule has 0 saturated carbocycles. The minimum atomic E-state index is -0.489. The monoisotopic (exact) mass is 186 g/mol. The van der Waals surface area contributed by atoms with Crippen molar-refractivity contribution in [3.8, 4) is 0 Å². The van der Waals surface area contributed by atoms with Crippen molar-refractivity contribution < 1.29 is 14.9 Å². The highest BCUT2D eigenvalue weighted by molar-refractivity contribution is 4.90. The van der Waals surface area contributed by atoms with E-state index in [-0.39, 0.29) is 24.0 Å². The van der Waals surface area contributed by atoms with Crippen LogP contribution in [0.5, 0.6) is 0 Å². The Morgan fingerprint density at radius 2 is 1.85 bits per heavy atom. The van der Waals surface area contributed by atoms with E-state index < -0.39 is 6.10 Å². The van der Waals surface area contributed by atoms with Gasteiger partial charge in [0.05, 0.1) is 6.10 Å². The van der Waals surface area contributed by atoms with Gasteiger partial charge in [-0.3, -0.25) is 0 Å². The molecule has 0 unspecified atom stereocenters. The zero-order chi connectivity index (χ0) is 10.0. The summed E-state index contributed by atoms with van der Waals surface area (Å²) in [6.07, 6.45) is 1.15. The van der Waals surface area contributed by atoms with E-state index in [0.29, 0.717) is 0 Å². The van der Waals surface area contributed by atoms with Crippen molar-refractivity contribution in [2.24, 2.45) is 11.8 Å². The molecule has 76 valence electrons. The molecule has 1 aliphatic rings. The molecule has 1 heterocycles. The minimum absolute atomic E-state index is 0.0112. The second-order valence-electron chi connectivity index (χ2n) is 3.82. The maximum atomic E-state index is 9.36. The van der Waals surface area contributed by atoms with Crippen LogP contribution in [-0.2, 0) is 9.78 Å². The van der Waals surface area contributed by atoms with Gasteiger partial charge in [-0.2, -0.15) is 0 Å². The zero-order valence-electron chi connectivity index (χ0n) is 8.43. The van der Waals surface area contributed by atoms with Crippen molar-refractivity contribution in [1.82, 2.24) is 0 Å². The van der Waals surface area contributed by atoms with Crippen molar-refractivity contribution >= 4 is 0 Å². The highest BCUT2D eigenvalue weighted by atomic mass is 17.2. The molecule has 1 saturated heterocycles. The van der Waals surface area contributed by atoms with E-state index in [1.807, 2.05) is 19.9 Å². The summed E-state index contributed by atoms with van der Waals surface area (Å²) in [4.78, 5) is 10.2. The Morgan fingerprint density at radius 1 is 1.31 bits per heavy atom. The van der Waals surface area contributed by atoms with Crippen molar-refractivity contribution in [2.75, 3.05) is 0 Å². The van der Waals surface area contributed by atoms with Gasteiger partial charge in [-0.15, -0.1) is 6.58 Å². The van der Waals surface area contributed by atoms with Gasteiger partial charge in [0.1, 0.15) is 12.2 Å². The van der Waals surface area contributed by atoms with Gasteiger partial charge in [-0.25, -0.2) is 9.78 Å². The summed E-state index contributed by atoms with van der Waals surface area (Å²) < 4.78 is 0. The molecule has 0 amide bonds. The van der Waals surface area contributed by atoms with Crippen molar-refractivity contribution in [1.29, 1.82) is 0 Å². The lowest BCUT2D eigenvalue weighted by Crippen LogP contribution is -2.32. The molecule has 1 rings (SSSR count). The first kappa shape index (κ1) is 10.7. The van der Waals surface area contributed by atoms with Gasteiger partial charge in [-0.1, -0.05) is 19.9 Å². The summed E-state index contributed by atoms with van der Waals surface area (Å²) in [7, 11) is 0. The Bertz CT molecular complexity index is 179. The molecular formula is C10H18O3. The summed E-state index contributed by atoms with van der Waals surface area (Å²) in [6, 6.07) is 0. The molecule has 0 radical (unpaired) electrons. The molecule has 1 N–H and O–H groups in total. The molecule has 1 fully saturated rings. The molecule has 13 heavy (non-hydrogen) atoms. The summed E-state index contributed by atoms with van der Waals surface area (Å²) >= 11 is 0. The second-order valence-corrected chi connectivity index (χ2v) is 3.82. The molecule has 0 aliphatic carbocycles. The minimum Gasteiger partial charge on any atom is -0.391 e. The first-order valence-electron chi connectivity index (χ1n) is 4.70. The van der Waals surface area contributed by atoms with Gasteiger partial charge >= 0.3 is 0 Å². The largest absolute Gasteiger partial charge is 0.391 e. The standard InChI is InChI=1S/C10H18O3/c1-5-6(2)9-7(3)10(8(4)11)13-12-9/h5-11H,1H2,2-4H3/t6-,7-,8-,9-,10+/m1/s1. The van der Waals surface area contributed by atoms with Crippen LogP contribution in [0.2, 0.25) is 0 Å². The topological polar surface area (TPSA) is 38.7 Å². The zero-order valence-corrected chi connectivity index (χ0v) is 8.43. The average Bonchev–Trinajstić information content (AvgIpc) is 2.46. The quantitative estimate of drug-likeness (QED) is 0.536. The molecule has 0 bridgehead atoms. The smallest absolute Gasteiger partial charge is 0.124 e. The summed E-state index contributed by atoms with van der Waals surface area (Å²) in [6.45, 7) is 9.48. The van der Waals surface area contributed by atoms with Crippen LogP contribution in [0, 0.1) is 11.8 Å². The Labute approximate surface area is 79.3 Å². The van der Waals surface area contributed by atoms with Crippen molar-refractivity contribution in [2.45, 2.75) is 39.1 Å². The van der Waals surface area contributed by atoms with Crippen LogP contribution in [0.1, 0.15) is 20.8 Å². The van der Waals surface area contributed by atoms with Crippen LogP contribution >= 0.6 is 0 Å². The number of rotatable bonds is 3. The molecular weight excluding hydrogens is 168 g/mol. The Hall–Kier alpha value is -0.380. The van der Waals surface area contributed by atoms with Gasteiger partial charge in [0.2, 0.25) is 0 Å². The number of aliphatic hydroxyl groups excluding tert-OH is 1. The SMILES string of the molecule is C=C[C@@H](C)[C@H]1OO[C@H]([C@@H](C)O)[C@@H]1C.